The third-order valence-electron chi connectivity index (χ3n) is 3.66. The zero-order chi connectivity index (χ0) is 15.9. The van der Waals surface area contributed by atoms with Gasteiger partial charge in [-0.1, -0.05) is 59.6 Å². The number of ketones is 2. The highest BCUT2D eigenvalue weighted by molar-refractivity contribution is 6.42. The molecule has 2 aromatic rings. The number of hydrogen-bond acceptors (Lipinski definition) is 3. The van der Waals surface area contributed by atoms with Crippen molar-refractivity contribution in [3.8, 4) is 0 Å². The van der Waals surface area contributed by atoms with E-state index >= 15 is 0 Å². The number of carbonyl (C=O) groups is 2. The quantitative estimate of drug-likeness (QED) is 0.909. The smallest absolute Gasteiger partial charge is 0.209 e. The van der Waals surface area contributed by atoms with E-state index in [-0.39, 0.29) is 29.3 Å². The fourth-order valence-electron chi connectivity index (χ4n) is 2.50. The average Bonchev–Trinajstić information content (AvgIpc) is 2.53. The van der Waals surface area contributed by atoms with Gasteiger partial charge in [0.1, 0.15) is 0 Å². The van der Waals surface area contributed by atoms with Gasteiger partial charge in [-0.15, -0.1) is 0 Å². The van der Waals surface area contributed by atoms with Crippen molar-refractivity contribution in [2.24, 2.45) is 5.73 Å². The van der Waals surface area contributed by atoms with Crippen LogP contribution in [0.25, 0.3) is 0 Å². The lowest BCUT2D eigenvalue weighted by molar-refractivity contribution is 0.0971. The van der Waals surface area contributed by atoms with Gasteiger partial charge in [0.25, 0.3) is 0 Å². The van der Waals surface area contributed by atoms with Gasteiger partial charge in [-0.05, 0) is 11.6 Å². The van der Waals surface area contributed by atoms with Crippen LogP contribution in [0.4, 0.5) is 0 Å². The lowest BCUT2D eigenvalue weighted by atomic mass is 9.85. The van der Waals surface area contributed by atoms with Gasteiger partial charge < -0.3 is 5.73 Å². The third kappa shape index (κ3) is 2.32. The molecule has 2 N–H and O–H groups in total. The summed E-state index contributed by atoms with van der Waals surface area (Å²) in [5.74, 6) is -0.577. The first-order valence-electron chi connectivity index (χ1n) is 6.60. The molecule has 0 fully saturated rings. The standard InChI is InChI=1S/C17H11Cl2NO2/c18-13-7-3-4-9(14(13)19)8-12-15(20)17(22)11-6-2-1-5-10(11)16(12)21/h1-7H,8,20H2. The molecule has 0 spiro atoms. The molecule has 1 aliphatic rings. The lowest BCUT2D eigenvalue weighted by Gasteiger charge is -2.19. The van der Waals surface area contributed by atoms with E-state index in [2.05, 4.69) is 0 Å². The first-order chi connectivity index (χ1) is 10.5. The van der Waals surface area contributed by atoms with Crippen molar-refractivity contribution in [2.45, 2.75) is 6.42 Å². The van der Waals surface area contributed by atoms with Crippen LogP contribution in [-0.4, -0.2) is 11.6 Å². The molecule has 22 heavy (non-hydrogen) atoms. The Morgan fingerprint density at radius 2 is 1.50 bits per heavy atom. The van der Waals surface area contributed by atoms with Crippen molar-refractivity contribution < 1.29 is 9.59 Å². The SMILES string of the molecule is NC1=C(Cc2cccc(Cl)c2Cl)C(=O)c2ccccc2C1=O. The molecule has 0 heterocycles. The van der Waals surface area contributed by atoms with Gasteiger partial charge in [0, 0.05) is 23.1 Å². The zero-order valence-electron chi connectivity index (χ0n) is 11.4. The van der Waals surface area contributed by atoms with Gasteiger partial charge in [-0.3, -0.25) is 9.59 Å². The molecule has 0 amide bonds. The first kappa shape index (κ1) is 14.8. The molecular weight excluding hydrogens is 321 g/mol. The van der Waals surface area contributed by atoms with Crippen LogP contribution in [0.15, 0.2) is 53.7 Å². The average molecular weight is 332 g/mol. The molecule has 110 valence electrons. The molecule has 0 aliphatic heterocycles. The van der Waals surface area contributed by atoms with Crippen LogP contribution >= 0.6 is 23.2 Å². The Balaban J connectivity index is 2.08. The van der Waals surface area contributed by atoms with Crippen molar-refractivity contribution in [1.82, 2.24) is 0 Å². The van der Waals surface area contributed by atoms with Crippen molar-refractivity contribution in [2.75, 3.05) is 0 Å². The molecule has 0 radical (unpaired) electrons. The largest absolute Gasteiger partial charge is 0.395 e. The Morgan fingerprint density at radius 1 is 0.864 bits per heavy atom. The van der Waals surface area contributed by atoms with Crippen LogP contribution in [-0.2, 0) is 6.42 Å². The van der Waals surface area contributed by atoms with Crippen LogP contribution in [0.2, 0.25) is 10.0 Å². The summed E-state index contributed by atoms with van der Waals surface area (Å²) in [5.41, 5.74) is 7.50. The van der Waals surface area contributed by atoms with E-state index < -0.39 is 0 Å². The van der Waals surface area contributed by atoms with E-state index in [1.54, 1.807) is 42.5 Å². The van der Waals surface area contributed by atoms with Crippen molar-refractivity contribution in [1.29, 1.82) is 0 Å². The molecular formula is C17H11Cl2NO2. The molecule has 0 bridgehead atoms. The van der Waals surface area contributed by atoms with Crippen LogP contribution in [0, 0.1) is 0 Å². The Kier molecular flexibility index (Phi) is 3.77. The van der Waals surface area contributed by atoms with E-state index in [1.165, 1.54) is 0 Å². The maximum absolute atomic E-state index is 12.6. The summed E-state index contributed by atoms with van der Waals surface area (Å²) >= 11 is 12.1. The Morgan fingerprint density at radius 3 is 2.18 bits per heavy atom. The number of nitrogens with two attached hydrogens (primary N) is 1. The minimum atomic E-state index is -0.330. The molecule has 3 nitrogen and oxygen atoms in total. The van der Waals surface area contributed by atoms with Gasteiger partial charge >= 0.3 is 0 Å². The van der Waals surface area contributed by atoms with Crippen molar-refractivity contribution in [3.63, 3.8) is 0 Å². The maximum Gasteiger partial charge on any atom is 0.209 e. The van der Waals surface area contributed by atoms with Crippen LogP contribution in [0.3, 0.4) is 0 Å². The number of Topliss-reactive ketones (excluding diaryl/α,β-unsaturated/α-hetero) is 2. The highest BCUT2D eigenvalue weighted by Gasteiger charge is 2.30. The van der Waals surface area contributed by atoms with Gasteiger partial charge in [0.15, 0.2) is 5.78 Å². The molecule has 0 aromatic heterocycles. The lowest BCUT2D eigenvalue weighted by Crippen LogP contribution is -2.27. The molecule has 0 unspecified atom stereocenters. The topological polar surface area (TPSA) is 60.2 Å². The predicted octanol–water partition coefficient (Wildman–Crippen LogP) is 3.83. The number of halogens is 2. The fraction of sp³-hybridized carbons (Fsp3) is 0.0588. The highest BCUT2D eigenvalue weighted by atomic mass is 35.5. The second-order valence-corrected chi connectivity index (χ2v) is 5.77. The van der Waals surface area contributed by atoms with Crippen LogP contribution < -0.4 is 5.73 Å². The van der Waals surface area contributed by atoms with Crippen molar-refractivity contribution in [3.05, 3.63) is 80.5 Å². The maximum atomic E-state index is 12.6. The summed E-state index contributed by atoms with van der Waals surface area (Å²) in [6, 6.07) is 11.8. The van der Waals surface area contributed by atoms with Crippen LogP contribution in [0.1, 0.15) is 26.3 Å². The molecule has 2 aromatic carbocycles. The summed E-state index contributed by atoms with van der Waals surface area (Å²) in [6.45, 7) is 0. The summed E-state index contributed by atoms with van der Waals surface area (Å²) in [7, 11) is 0. The summed E-state index contributed by atoms with van der Waals surface area (Å²) in [6.07, 6.45) is 0.171. The molecule has 1 aliphatic carbocycles. The van der Waals surface area contributed by atoms with E-state index in [9.17, 15) is 9.59 Å². The minimum Gasteiger partial charge on any atom is -0.395 e. The van der Waals surface area contributed by atoms with Gasteiger partial charge in [-0.2, -0.15) is 0 Å². The summed E-state index contributed by atoms with van der Waals surface area (Å²) < 4.78 is 0. The van der Waals surface area contributed by atoms with Gasteiger partial charge in [0.2, 0.25) is 5.78 Å². The van der Waals surface area contributed by atoms with Gasteiger partial charge in [0.05, 0.1) is 15.7 Å². The highest BCUT2D eigenvalue weighted by Crippen LogP contribution is 2.31. The Hall–Kier alpha value is -2.10. The number of benzene rings is 2. The summed E-state index contributed by atoms with van der Waals surface area (Å²) in [5, 5.41) is 0.761. The van der Waals surface area contributed by atoms with Crippen molar-refractivity contribution >= 4 is 34.8 Å². The predicted molar refractivity (Wildman–Crippen MR) is 86.5 cm³/mol. The number of fused-ring (bicyclic) bond motifs is 1. The molecule has 3 rings (SSSR count). The zero-order valence-corrected chi connectivity index (χ0v) is 12.9. The number of hydrogen-bond donors (Lipinski definition) is 1. The number of rotatable bonds is 2. The second kappa shape index (κ2) is 5.59. The molecule has 0 atom stereocenters. The normalized spacial score (nSPS) is 14.3. The molecule has 0 saturated heterocycles. The first-order valence-corrected chi connectivity index (χ1v) is 7.36. The van der Waals surface area contributed by atoms with Crippen LogP contribution in [0.5, 0.6) is 0 Å². The number of carbonyl (C=O) groups excluding carboxylic acids is 2. The van der Waals surface area contributed by atoms with E-state index in [1.807, 2.05) is 0 Å². The number of allylic oxidation sites excluding steroid dienone is 2. The fourth-order valence-corrected chi connectivity index (χ4v) is 2.88. The minimum absolute atomic E-state index is 0.0280. The Bertz CT molecular complexity index is 840. The second-order valence-electron chi connectivity index (χ2n) is 4.99. The van der Waals surface area contributed by atoms with E-state index in [4.69, 9.17) is 28.9 Å². The monoisotopic (exact) mass is 331 g/mol. The Labute approximate surface area is 137 Å². The van der Waals surface area contributed by atoms with E-state index in [0.717, 1.165) is 0 Å². The molecule has 5 heteroatoms. The van der Waals surface area contributed by atoms with E-state index in [0.29, 0.717) is 26.7 Å². The van der Waals surface area contributed by atoms with Gasteiger partial charge in [-0.25, -0.2) is 0 Å². The molecule has 0 saturated carbocycles. The summed E-state index contributed by atoms with van der Waals surface area (Å²) in [4.78, 5) is 24.9. The third-order valence-corrected chi connectivity index (χ3v) is 4.52.